The largest absolute Gasteiger partial charge is 0.300 e. The molecule has 1 rings (SSSR count). The highest BCUT2D eigenvalue weighted by Gasteiger charge is 2.14. The summed E-state index contributed by atoms with van der Waals surface area (Å²) in [6.07, 6.45) is -0.0454. The number of hydrogen-bond acceptors (Lipinski definition) is 1. The van der Waals surface area contributed by atoms with Crippen molar-refractivity contribution < 1.29 is 13.6 Å². The van der Waals surface area contributed by atoms with E-state index in [2.05, 4.69) is 0 Å². The lowest BCUT2D eigenvalue weighted by molar-refractivity contribution is -0.116. The number of carbonyl (C=O) groups is 1. The summed E-state index contributed by atoms with van der Waals surface area (Å²) in [5.74, 6) is -1.10. The molecule has 14 heavy (non-hydrogen) atoms. The predicted molar refractivity (Wildman–Crippen MR) is 50.2 cm³/mol. The fourth-order valence-electron chi connectivity index (χ4n) is 1.37. The predicted octanol–water partition coefficient (Wildman–Crippen LogP) is 2.71. The lowest BCUT2D eigenvalue weighted by atomic mass is 9.99. The summed E-state index contributed by atoms with van der Waals surface area (Å²) in [6.45, 7) is 4.33. The first-order chi connectivity index (χ1) is 6.43. The van der Waals surface area contributed by atoms with Crippen molar-refractivity contribution in [1.82, 2.24) is 0 Å². The molecule has 0 aromatic heterocycles. The highest BCUT2D eigenvalue weighted by atomic mass is 19.1. The van der Waals surface area contributed by atoms with E-state index in [4.69, 9.17) is 0 Å². The molecule has 0 radical (unpaired) electrons. The smallest absolute Gasteiger partial charge is 0.134 e. The molecule has 0 bridgehead atoms. The van der Waals surface area contributed by atoms with Crippen LogP contribution in [0.15, 0.2) is 6.07 Å². The van der Waals surface area contributed by atoms with Gasteiger partial charge in [0.15, 0.2) is 0 Å². The molecule has 0 heterocycles. The zero-order chi connectivity index (χ0) is 10.9. The first kappa shape index (κ1) is 10.8. The fraction of sp³-hybridized carbons (Fsp3) is 0.364. The highest BCUT2D eigenvalue weighted by molar-refractivity contribution is 5.78. The first-order valence-corrected chi connectivity index (χ1v) is 4.37. The van der Waals surface area contributed by atoms with Crippen LogP contribution in [0.2, 0.25) is 0 Å². The summed E-state index contributed by atoms with van der Waals surface area (Å²) in [7, 11) is 0. The van der Waals surface area contributed by atoms with E-state index in [1.165, 1.54) is 20.8 Å². The minimum absolute atomic E-state index is 0.0454. The number of carbonyl (C=O) groups excluding carboxylic acids is 1. The SMILES string of the molecule is CC(=O)Cc1c(C)c(F)cc(C)c1F. The van der Waals surface area contributed by atoms with Crippen LogP contribution >= 0.6 is 0 Å². The van der Waals surface area contributed by atoms with Crippen molar-refractivity contribution in [3.63, 3.8) is 0 Å². The maximum absolute atomic E-state index is 13.5. The summed E-state index contributed by atoms with van der Waals surface area (Å²) in [5.41, 5.74) is 0.641. The summed E-state index contributed by atoms with van der Waals surface area (Å²) >= 11 is 0. The number of benzene rings is 1. The summed E-state index contributed by atoms with van der Waals surface area (Å²) in [4.78, 5) is 10.9. The van der Waals surface area contributed by atoms with Crippen LogP contribution in [0.1, 0.15) is 23.6 Å². The molecule has 1 aromatic rings. The van der Waals surface area contributed by atoms with E-state index in [0.717, 1.165) is 6.07 Å². The van der Waals surface area contributed by atoms with Gasteiger partial charge in [0.05, 0.1) is 0 Å². The monoisotopic (exact) mass is 198 g/mol. The van der Waals surface area contributed by atoms with Crippen LogP contribution < -0.4 is 0 Å². The van der Waals surface area contributed by atoms with Gasteiger partial charge in [-0.1, -0.05) is 0 Å². The van der Waals surface area contributed by atoms with Crippen LogP contribution in [0.5, 0.6) is 0 Å². The molecule has 0 amide bonds. The van der Waals surface area contributed by atoms with E-state index in [-0.39, 0.29) is 28.9 Å². The quantitative estimate of drug-likeness (QED) is 0.714. The van der Waals surface area contributed by atoms with Crippen molar-refractivity contribution in [2.45, 2.75) is 27.2 Å². The third-order valence-electron chi connectivity index (χ3n) is 2.19. The Bertz CT molecular complexity index is 357. The topological polar surface area (TPSA) is 17.1 Å². The van der Waals surface area contributed by atoms with Gasteiger partial charge in [0.2, 0.25) is 0 Å². The Labute approximate surface area is 81.7 Å². The van der Waals surface area contributed by atoms with Gasteiger partial charge in [-0.2, -0.15) is 0 Å². The Morgan fingerprint density at radius 1 is 1.36 bits per heavy atom. The van der Waals surface area contributed by atoms with Gasteiger partial charge in [-0.3, -0.25) is 4.79 Å². The van der Waals surface area contributed by atoms with Gasteiger partial charge >= 0.3 is 0 Å². The maximum Gasteiger partial charge on any atom is 0.134 e. The van der Waals surface area contributed by atoms with Crippen LogP contribution in [-0.2, 0) is 11.2 Å². The van der Waals surface area contributed by atoms with Gasteiger partial charge in [-0.05, 0) is 38.0 Å². The van der Waals surface area contributed by atoms with Gasteiger partial charge in [0.25, 0.3) is 0 Å². The maximum atomic E-state index is 13.5. The van der Waals surface area contributed by atoms with E-state index in [0.29, 0.717) is 0 Å². The van der Waals surface area contributed by atoms with Crippen molar-refractivity contribution in [3.8, 4) is 0 Å². The molecule has 0 fully saturated rings. The second-order valence-electron chi connectivity index (χ2n) is 3.47. The molecule has 0 aliphatic rings. The van der Waals surface area contributed by atoms with Crippen molar-refractivity contribution in [1.29, 1.82) is 0 Å². The summed E-state index contributed by atoms with van der Waals surface area (Å²) in [6, 6.07) is 1.15. The van der Waals surface area contributed by atoms with E-state index in [1.807, 2.05) is 0 Å². The number of aryl methyl sites for hydroxylation is 1. The van der Waals surface area contributed by atoms with E-state index in [9.17, 15) is 13.6 Å². The van der Waals surface area contributed by atoms with Gasteiger partial charge in [-0.15, -0.1) is 0 Å². The zero-order valence-corrected chi connectivity index (χ0v) is 8.45. The van der Waals surface area contributed by atoms with Crippen LogP contribution in [0.3, 0.4) is 0 Å². The molecule has 0 N–H and O–H groups in total. The second kappa shape index (κ2) is 3.86. The van der Waals surface area contributed by atoms with E-state index >= 15 is 0 Å². The van der Waals surface area contributed by atoms with Gasteiger partial charge < -0.3 is 0 Å². The third-order valence-corrected chi connectivity index (χ3v) is 2.19. The Morgan fingerprint density at radius 2 is 1.93 bits per heavy atom. The molecule has 76 valence electrons. The Morgan fingerprint density at radius 3 is 2.43 bits per heavy atom. The summed E-state index contributed by atoms with van der Waals surface area (Å²) < 4.78 is 26.7. The van der Waals surface area contributed by atoms with Crippen molar-refractivity contribution in [2.75, 3.05) is 0 Å². The van der Waals surface area contributed by atoms with E-state index < -0.39 is 11.6 Å². The molecule has 3 heteroatoms. The molecule has 0 aliphatic carbocycles. The fourth-order valence-corrected chi connectivity index (χ4v) is 1.37. The zero-order valence-electron chi connectivity index (χ0n) is 8.45. The molecule has 0 atom stereocenters. The standard InChI is InChI=1S/C11H12F2O/c1-6-4-10(12)8(3)9(11(6)13)5-7(2)14/h4H,5H2,1-3H3. The number of rotatable bonds is 2. The Kier molecular flexibility index (Phi) is 2.99. The van der Waals surface area contributed by atoms with Gasteiger partial charge in [-0.25, -0.2) is 8.78 Å². The van der Waals surface area contributed by atoms with Crippen LogP contribution in [0.4, 0.5) is 8.78 Å². The number of ketones is 1. The highest BCUT2D eigenvalue weighted by Crippen LogP contribution is 2.20. The molecule has 0 unspecified atom stereocenters. The number of Topliss-reactive ketones (excluding diaryl/α,β-unsaturated/α-hetero) is 1. The van der Waals surface area contributed by atoms with Crippen LogP contribution in [-0.4, -0.2) is 5.78 Å². The van der Waals surface area contributed by atoms with Gasteiger partial charge in [0.1, 0.15) is 17.4 Å². The molecule has 0 aliphatic heterocycles. The van der Waals surface area contributed by atoms with Crippen molar-refractivity contribution in [2.24, 2.45) is 0 Å². The Balaban J connectivity index is 3.31. The molecular formula is C11H12F2O. The van der Waals surface area contributed by atoms with Gasteiger partial charge in [0, 0.05) is 12.0 Å². The average molecular weight is 198 g/mol. The molecular weight excluding hydrogens is 186 g/mol. The Hall–Kier alpha value is -1.25. The second-order valence-corrected chi connectivity index (χ2v) is 3.47. The lowest BCUT2D eigenvalue weighted by Crippen LogP contribution is -2.05. The first-order valence-electron chi connectivity index (χ1n) is 4.37. The van der Waals surface area contributed by atoms with Crippen molar-refractivity contribution >= 4 is 5.78 Å². The van der Waals surface area contributed by atoms with Crippen LogP contribution in [0.25, 0.3) is 0 Å². The van der Waals surface area contributed by atoms with E-state index in [1.54, 1.807) is 0 Å². The molecule has 0 saturated carbocycles. The average Bonchev–Trinajstić information content (AvgIpc) is 2.09. The number of halogens is 2. The molecule has 0 spiro atoms. The molecule has 1 aromatic carbocycles. The normalized spacial score (nSPS) is 10.4. The molecule has 1 nitrogen and oxygen atoms in total. The minimum atomic E-state index is -0.473. The minimum Gasteiger partial charge on any atom is -0.300 e. The number of hydrogen-bond donors (Lipinski definition) is 0. The third kappa shape index (κ3) is 1.97. The van der Waals surface area contributed by atoms with Crippen LogP contribution in [0, 0.1) is 25.5 Å². The lowest BCUT2D eigenvalue weighted by Gasteiger charge is -2.08. The molecule has 0 saturated heterocycles. The summed E-state index contributed by atoms with van der Waals surface area (Å²) in [5, 5.41) is 0. The van der Waals surface area contributed by atoms with Crippen molar-refractivity contribution in [3.05, 3.63) is 34.4 Å².